The van der Waals surface area contributed by atoms with Crippen molar-refractivity contribution in [3.05, 3.63) is 0 Å². The monoisotopic (exact) mass is 306 g/mol. The molecule has 1 aliphatic heterocycles. The number of carbonyl (C=O) groups is 2. The highest BCUT2D eigenvalue weighted by molar-refractivity contribution is 6.52. The highest BCUT2D eigenvalue weighted by Crippen LogP contribution is 2.53. The molecule has 1 saturated heterocycles. The van der Waals surface area contributed by atoms with E-state index in [2.05, 4.69) is 5.32 Å². The first kappa shape index (κ1) is 14.9. The molecule has 6 heteroatoms. The van der Waals surface area contributed by atoms with E-state index in [-0.39, 0.29) is 17.7 Å². The van der Waals surface area contributed by atoms with Crippen LogP contribution in [-0.4, -0.2) is 40.7 Å². The van der Waals surface area contributed by atoms with Crippen LogP contribution in [0.5, 0.6) is 0 Å². The quantitative estimate of drug-likeness (QED) is 0.624. The summed E-state index contributed by atoms with van der Waals surface area (Å²) in [5.74, 6) is -0.102. The minimum absolute atomic E-state index is 0.0767. The van der Waals surface area contributed by atoms with Crippen molar-refractivity contribution in [3.63, 3.8) is 0 Å². The summed E-state index contributed by atoms with van der Waals surface area (Å²) in [5, 5.41) is 2.82. The lowest BCUT2D eigenvalue weighted by Crippen LogP contribution is -2.34. The van der Waals surface area contributed by atoms with E-state index in [1.807, 2.05) is 4.90 Å². The average molecular weight is 307 g/mol. The number of nitrogens with one attached hydrogen (secondary N) is 1. The van der Waals surface area contributed by atoms with Gasteiger partial charge in [0.1, 0.15) is 4.33 Å². The molecule has 4 nitrogen and oxygen atoms in total. The zero-order valence-electron chi connectivity index (χ0n) is 11.0. The molecular weight excluding hydrogens is 287 g/mol. The first-order valence-corrected chi connectivity index (χ1v) is 7.69. The number of rotatable bonds is 5. The smallest absolute Gasteiger partial charge is 0.226 e. The predicted octanol–water partition coefficient (Wildman–Crippen LogP) is 2.09. The lowest BCUT2D eigenvalue weighted by Gasteiger charge is -2.20. The summed E-state index contributed by atoms with van der Waals surface area (Å²) in [6, 6.07) is 0. The largest absolute Gasteiger partial charge is 0.356 e. The zero-order chi connectivity index (χ0) is 13.9. The van der Waals surface area contributed by atoms with E-state index in [0.717, 1.165) is 38.8 Å². The molecule has 0 radical (unpaired) electrons. The fourth-order valence-electron chi connectivity index (χ4n) is 2.38. The molecule has 2 aliphatic rings. The standard InChI is InChI=1S/C13H20Cl2N2O2/c14-13(15)9-10(13)12(19)16-6-4-8-17-7-3-1-2-5-11(17)18/h10H,1-9H2,(H,16,19). The Morgan fingerprint density at radius 3 is 2.79 bits per heavy atom. The third kappa shape index (κ3) is 4.25. The van der Waals surface area contributed by atoms with Crippen LogP contribution in [0.4, 0.5) is 0 Å². The third-order valence-electron chi connectivity index (χ3n) is 3.72. The van der Waals surface area contributed by atoms with Crippen LogP contribution in [0.15, 0.2) is 0 Å². The Bertz CT molecular complexity index is 361. The van der Waals surface area contributed by atoms with E-state index in [0.29, 0.717) is 19.4 Å². The van der Waals surface area contributed by atoms with Crippen molar-refractivity contribution in [2.75, 3.05) is 19.6 Å². The van der Waals surface area contributed by atoms with Gasteiger partial charge < -0.3 is 10.2 Å². The molecule has 2 amide bonds. The molecule has 0 aromatic carbocycles. The number of likely N-dealkylation sites (tertiary alicyclic amines) is 1. The van der Waals surface area contributed by atoms with Gasteiger partial charge in [-0.05, 0) is 25.7 Å². The lowest BCUT2D eigenvalue weighted by molar-refractivity contribution is -0.130. The van der Waals surface area contributed by atoms with Gasteiger partial charge in [0.15, 0.2) is 0 Å². The van der Waals surface area contributed by atoms with Gasteiger partial charge in [0.25, 0.3) is 0 Å². The van der Waals surface area contributed by atoms with Gasteiger partial charge in [-0.15, -0.1) is 23.2 Å². The van der Waals surface area contributed by atoms with Crippen LogP contribution in [0.2, 0.25) is 0 Å². The predicted molar refractivity (Wildman–Crippen MR) is 75.2 cm³/mol. The number of hydrogen-bond acceptors (Lipinski definition) is 2. The SMILES string of the molecule is O=C(NCCCN1CCCCCC1=O)C1CC1(Cl)Cl. The second-order valence-corrected chi connectivity index (χ2v) is 6.90. The molecule has 2 rings (SSSR count). The Hall–Kier alpha value is -0.480. The second kappa shape index (κ2) is 6.31. The molecule has 0 aromatic heterocycles. The van der Waals surface area contributed by atoms with Crippen molar-refractivity contribution in [3.8, 4) is 0 Å². The van der Waals surface area contributed by atoms with Crippen LogP contribution >= 0.6 is 23.2 Å². The van der Waals surface area contributed by atoms with Crippen molar-refractivity contribution in [2.45, 2.75) is 42.9 Å². The first-order chi connectivity index (χ1) is 9.00. The summed E-state index contributed by atoms with van der Waals surface area (Å²) < 4.78 is -0.856. The molecule has 19 heavy (non-hydrogen) atoms. The van der Waals surface area contributed by atoms with E-state index in [1.54, 1.807) is 0 Å². The van der Waals surface area contributed by atoms with Gasteiger partial charge in [-0.3, -0.25) is 9.59 Å². The molecular formula is C13H20Cl2N2O2. The Balaban J connectivity index is 1.61. The van der Waals surface area contributed by atoms with Crippen molar-refractivity contribution in [2.24, 2.45) is 5.92 Å². The average Bonchev–Trinajstić information content (AvgIpc) is 3.04. The van der Waals surface area contributed by atoms with Gasteiger partial charge >= 0.3 is 0 Å². The van der Waals surface area contributed by atoms with Crippen LogP contribution in [-0.2, 0) is 9.59 Å². The van der Waals surface area contributed by atoms with E-state index >= 15 is 0 Å². The van der Waals surface area contributed by atoms with Crippen LogP contribution in [0, 0.1) is 5.92 Å². The number of carbonyl (C=O) groups excluding carboxylic acids is 2. The van der Waals surface area contributed by atoms with Crippen LogP contribution in [0.1, 0.15) is 38.5 Å². The highest BCUT2D eigenvalue weighted by atomic mass is 35.5. The first-order valence-electron chi connectivity index (χ1n) is 6.94. The molecule has 0 spiro atoms. The molecule has 0 aromatic rings. The minimum atomic E-state index is -0.856. The van der Waals surface area contributed by atoms with Crippen molar-refractivity contribution in [1.29, 1.82) is 0 Å². The molecule has 0 bridgehead atoms. The van der Waals surface area contributed by atoms with Crippen LogP contribution in [0.3, 0.4) is 0 Å². The highest BCUT2D eigenvalue weighted by Gasteiger charge is 2.56. The topological polar surface area (TPSA) is 49.4 Å². The molecule has 1 N–H and O–H groups in total. The van der Waals surface area contributed by atoms with Crippen molar-refractivity contribution < 1.29 is 9.59 Å². The van der Waals surface area contributed by atoms with Gasteiger partial charge in [0.2, 0.25) is 11.8 Å². The van der Waals surface area contributed by atoms with E-state index in [9.17, 15) is 9.59 Å². The number of alkyl halides is 2. The number of halogens is 2. The van der Waals surface area contributed by atoms with E-state index < -0.39 is 4.33 Å². The summed E-state index contributed by atoms with van der Waals surface area (Å²) in [6.07, 6.45) is 5.19. The van der Waals surface area contributed by atoms with Gasteiger partial charge in [-0.1, -0.05) is 6.42 Å². The molecule has 108 valence electrons. The van der Waals surface area contributed by atoms with Gasteiger partial charge in [0, 0.05) is 26.1 Å². The normalized spacial score (nSPS) is 25.9. The number of hydrogen-bond donors (Lipinski definition) is 1. The molecule has 1 saturated carbocycles. The Kier molecular flexibility index (Phi) is 4.96. The second-order valence-electron chi connectivity index (χ2n) is 5.35. The Morgan fingerprint density at radius 1 is 1.37 bits per heavy atom. The maximum atomic E-state index is 11.7. The fourth-order valence-corrected chi connectivity index (χ4v) is 2.88. The minimum Gasteiger partial charge on any atom is -0.356 e. The Morgan fingerprint density at radius 2 is 2.11 bits per heavy atom. The van der Waals surface area contributed by atoms with Gasteiger partial charge in [-0.2, -0.15) is 0 Å². The Labute approximate surface area is 123 Å². The lowest BCUT2D eigenvalue weighted by atomic mass is 10.2. The molecule has 1 aliphatic carbocycles. The number of amides is 2. The van der Waals surface area contributed by atoms with E-state index in [4.69, 9.17) is 23.2 Å². The van der Waals surface area contributed by atoms with Crippen molar-refractivity contribution >= 4 is 35.0 Å². The third-order valence-corrected chi connectivity index (χ3v) is 4.55. The molecule has 2 fully saturated rings. The van der Waals surface area contributed by atoms with Crippen LogP contribution in [0.25, 0.3) is 0 Å². The fraction of sp³-hybridized carbons (Fsp3) is 0.846. The van der Waals surface area contributed by atoms with E-state index in [1.165, 1.54) is 0 Å². The maximum absolute atomic E-state index is 11.7. The van der Waals surface area contributed by atoms with Gasteiger partial charge in [0.05, 0.1) is 5.92 Å². The summed E-state index contributed by atoms with van der Waals surface area (Å²) >= 11 is 11.7. The summed E-state index contributed by atoms with van der Waals surface area (Å²) in [5.41, 5.74) is 0. The summed E-state index contributed by atoms with van der Waals surface area (Å²) in [6.45, 7) is 2.14. The summed E-state index contributed by atoms with van der Waals surface area (Å²) in [7, 11) is 0. The molecule has 1 heterocycles. The zero-order valence-corrected chi connectivity index (χ0v) is 12.5. The molecule has 1 unspecified atom stereocenters. The van der Waals surface area contributed by atoms with Crippen LogP contribution < -0.4 is 5.32 Å². The maximum Gasteiger partial charge on any atom is 0.226 e. The number of nitrogens with zero attached hydrogens (tertiary/aromatic N) is 1. The molecule has 1 atom stereocenters. The van der Waals surface area contributed by atoms with Gasteiger partial charge in [-0.25, -0.2) is 0 Å². The summed E-state index contributed by atoms with van der Waals surface area (Å²) in [4.78, 5) is 25.3. The van der Waals surface area contributed by atoms with Crippen molar-refractivity contribution in [1.82, 2.24) is 10.2 Å².